The SMILES string of the molecule is CN(C)[C@H]1Cc2cccc(c2)OC2C=CC=C(/C=C(/C(=O)NCC(F)(F)F)NC(=O)[C@H](CCc3ccccc3)NC1=O)C2. The normalized spacial score (nSPS) is 22.4. The third kappa shape index (κ3) is 9.57. The molecule has 1 aliphatic carbocycles. The van der Waals surface area contributed by atoms with Crippen LogP contribution in [-0.4, -0.2) is 67.6 Å². The predicted molar refractivity (Wildman–Crippen MR) is 156 cm³/mol. The van der Waals surface area contributed by atoms with Crippen LogP contribution in [0.4, 0.5) is 13.2 Å². The van der Waals surface area contributed by atoms with Gasteiger partial charge >= 0.3 is 6.18 Å². The van der Waals surface area contributed by atoms with E-state index >= 15 is 0 Å². The monoisotopic (exact) mass is 596 g/mol. The van der Waals surface area contributed by atoms with Crippen molar-refractivity contribution in [1.82, 2.24) is 20.9 Å². The Kier molecular flexibility index (Phi) is 10.4. The molecular formula is C32H35F3N4O4. The number of ether oxygens (including phenoxy) is 1. The number of amides is 3. The minimum atomic E-state index is -4.65. The summed E-state index contributed by atoms with van der Waals surface area (Å²) in [7, 11) is 3.52. The first kappa shape index (κ1) is 31.6. The third-order valence-corrected chi connectivity index (χ3v) is 7.09. The Hall–Kier alpha value is -4.38. The minimum absolute atomic E-state index is 0.190. The van der Waals surface area contributed by atoms with E-state index in [2.05, 4.69) is 10.6 Å². The molecule has 4 rings (SSSR count). The number of carbonyl (C=O) groups excluding carboxylic acids is 3. The van der Waals surface area contributed by atoms with E-state index in [9.17, 15) is 27.6 Å². The average Bonchev–Trinajstić information content (AvgIpc) is 2.96. The fourth-order valence-corrected chi connectivity index (χ4v) is 4.84. The lowest BCUT2D eigenvalue weighted by atomic mass is 9.99. The predicted octanol–water partition coefficient (Wildman–Crippen LogP) is 3.60. The van der Waals surface area contributed by atoms with Crippen molar-refractivity contribution in [2.24, 2.45) is 0 Å². The van der Waals surface area contributed by atoms with E-state index in [-0.39, 0.29) is 12.1 Å². The molecule has 3 N–H and O–H groups in total. The number of allylic oxidation sites excluding steroid dienone is 3. The van der Waals surface area contributed by atoms with Gasteiger partial charge in [0.25, 0.3) is 5.91 Å². The number of alkyl halides is 3. The molecule has 0 radical (unpaired) electrons. The van der Waals surface area contributed by atoms with Crippen LogP contribution >= 0.6 is 0 Å². The molecule has 2 aromatic rings. The number of aryl methyl sites for hydroxylation is 1. The van der Waals surface area contributed by atoms with Crippen molar-refractivity contribution < 1.29 is 32.3 Å². The van der Waals surface area contributed by atoms with Crippen molar-refractivity contribution in [1.29, 1.82) is 0 Å². The zero-order valence-electron chi connectivity index (χ0n) is 24.0. The van der Waals surface area contributed by atoms with Gasteiger partial charge in [0, 0.05) is 6.42 Å². The molecule has 0 aromatic heterocycles. The van der Waals surface area contributed by atoms with Crippen LogP contribution < -0.4 is 20.7 Å². The summed E-state index contributed by atoms with van der Waals surface area (Å²) in [6.45, 7) is -1.57. The Labute approximate surface area is 248 Å². The Morgan fingerprint density at radius 2 is 1.81 bits per heavy atom. The van der Waals surface area contributed by atoms with Gasteiger partial charge in [-0.1, -0.05) is 54.6 Å². The molecule has 1 aliphatic heterocycles. The first-order valence-electron chi connectivity index (χ1n) is 14.0. The first-order valence-corrected chi connectivity index (χ1v) is 14.0. The number of rotatable bonds is 6. The van der Waals surface area contributed by atoms with E-state index in [1.54, 1.807) is 37.2 Å². The van der Waals surface area contributed by atoms with Crippen LogP contribution in [0.2, 0.25) is 0 Å². The molecular weight excluding hydrogens is 561 g/mol. The lowest BCUT2D eigenvalue weighted by molar-refractivity contribution is -0.137. The van der Waals surface area contributed by atoms with Gasteiger partial charge in [-0.3, -0.25) is 19.3 Å². The number of nitrogens with one attached hydrogen (secondary N) is 3. The second kappa shape index (κ2) is 14.2. The van der Waals surface area contributed by atoms with Gasteiger partial charge < -0.3 is 20.7 Å². The summed E-state index contributed by atoms with van der Waals surface area (Å²) >= 11 is 0. The van der Waals surface area contributed by atoms with Crippen LogP contribution in [0.15, 0.2) is 90.2 Å². The van der Waals surface area contributed by atoms with E-state index in [1.165, 1.54) is 6.08 Å². The van der Waals surface area contributed by atoms with E-state index in [4.69, 9.17) is 4.74 Å². The van der Waals surface area contributed by atoms with Gasteiger partial charge in [0.1, 0.15) is 30.1 Å². The lowest BCUT2D eigenvalue weighted by Gasteiger charge is -2.27. The van der Waals surface area contributed by atoms with E-state index in [0.717, 1.165) is 11.1 Å². The van der Waals surface area contributed by atoms with Crippen LogP contribution in [0, 0.1) is 0 Å². The van der Waals surface area contributed by atoms with E-state index in [0.29, 0.717) is 30.6 Å². The lowest BCUT2D eigenvalue weighted by Crippen LogP contribution is -2.53. The maximum atomic E-state index is 13.6. The number of benzene rings is 2. The van der Waals surface area contributed by atoms with Crippen molar-refractivity contribution in [2.45, 2.75) is 50.0 Å². The topological polar surface area (TPSA) is 99.8 Å². The van der Waals surface area contributed by atoms with Crippen LogP contribution in [0.25, 0.3) is 0 Å². The number of hydrogen-bond donors (Lipinski definition) is 3. The number of halogens is 3. The van der Waals surface area contributed by atoms with Crippen molar-refractivity contribution >= 4 is 17.7 Å². The standard InChI is InChI=1S/C32H35F3N4O4/c1-39(2)28-19-23-11-7-13-25(17-23)43-24-12-6-10-22(16-24)18-27(29(40)36-20-32(33,34)35)38-30(41)26(37-31(28)42)15-14-21-8-4-3-5-9-21/h3-13,17-18,24,26,28H,14-16,19-20H2,1-2H3,(H,36,40)(H,37,42)(H,38,41)/b27-18-/t24?,26-,28-/m0/s1. The smallest absolute Gasteiger partial charge is 0.405 e. The molecule has 1 unspecified atom stereocenters. The Bertz CT molecular complexity index is 1400. The summed E-state index contributed by atoms with van der Waals surface area (Å²) in [5, 5.41) is 7.16. The highest BCUT2D eigenvalue weighted by molar-refractivity contribution is 6.00. The Balaban J connectivity index is 1.71. The molecule has 228 valence electrons. The molecule has 8 nitrogen and oxygen atoms in total. The molecule has 1 heterocycles. The van der Waals surface area contributed by atoms with Gasteiger partial charge in [0.2, 0.25) is 11.8 Å². The molecule has 2 aromatic carbocycles. The van der Waals surface area contributed by atoms with Gasteiger partial charge in [-0.25, -0.2) is 0 Å². The molecule has 0 fully saturated rings. The number of fused-ring (bicyclic) bond motifs is 4. The molecule has 3 amide bonds. The molecule has 43 heavy (non-hydrogen) atoms. The average molecular weight is 597 g/mol. The van der Waals surface area contributed by atoms with Gasteiger partial charge in [0.05, 0.1) is 6.04 Å². The summed E-state index contributed by atoms with van der Waals surface area (Å²) in [4.78, 5) is 41.9. The summed E-state index contributed by atoms with van der Waals surface area (Å²) in [5.74, 6) is -1.65. The summed E-state index contributed by atoms with van der Waals surface area (Å²) < 4.78 is 44.9. The van der Waals surface area contributed by atoms with Crippen molar-refractivity contribution in [3.8, 4) is 5.75 Å². The van der Waals surface area contributed by atoms with Crippen LogP contribution in [-0.2, 0) is 27.2 Å². The third-order valence-electron chi connectivity index (χ3n) is 7.09. The maximum absolute atomic E-state index is 13.6. The van der Waals surface area contributed by atoms with Crippen LogP contribution in [0.5, 0.6) is 5.75 Å². The van der Waals surface area contributed by atoms with Gasteiger partial charge in [-0.15, -0.1) is 0 Å². The summed E-state index contributed by atoms with van der Waals surface area (Å²) in [5.41, 5.74) is 1.99. The number of carbonyl (C=O) groups is 3. The van der Waals surface area contributed by atoms with Crippen molar-refractivity contribution in [3.63, 3.8) is 0 Å². The van der Waals surface area contributed by atoms with Gasteiger partial charge in [-0.2, -0.15) is 13.2 Å². The molecule has 4 bridgehead atoms. The minimum Gasteiger partial charge on any atom is -0.486 e. The highest BCUT2D eigenvalue weighted by Gasteiger charge is 2.31. The Morgan fingerprint density at radius 1 is 1.05 bits per heavy atom. The fraction of sp³-hybridized carbons (Fsp3) is 0.344. The largest absolute Gasteiger partial charge is 0.486 e. The number of likely N-dealkylation sites (N-methyl/N-ethyl adjacent to an activating group) is 1. The summed E-state index contributed by atoms with van der Waals surface area (Å²) in [6, 6.07) is 15.0. The van der Waals surface area contributed by atoms with Crippen LogP contribution in [0.3, 0.4) is 0 Å². The van der Waals surface area contributed by atoms with Gasteiger partial charge in [-0.05, 0) is 74.3 Å². The first-order chi connectivity index (χ1) is 20.5. The highest BCUT2D eigenvalue weighted by atomic mass is 19.4. The van der Waals surface area contributed by atoms with E-state index < -0.39 is 48.6 Å². The number of hydrogen-bond acceptors (Lipinski definition) is 5. The van der Waals surface area contributed by atoms with E-state index in [1.807, 2.05) is 59.9 Å². The zero-order valence-corrected chi connectivity index (χ0v) is 24.0. The molecule has 2 aliphatic rings. The molecule has 11 heteroatoms. The Morgan fingerprint density at radius 3 is 2.53 bits per heavy atom. The molecule has 3 atom stereocenters. The maximum Gasteiger partial charge on any atom is 0.405 e. The second-order valence-corrected chi connectivity index (χ2v) is 10.7. The molecule has 0 saturated carbocycles. The van der Waals surface area contributed by atoms with Crippen molar-refractivity contribution in [3.05, 3.63) is 101 Å². The fourth-order valence-electron chi connectivity index (χ4n) is 4.84. The van der Waals surface area contributed by atoms with Crippen molar-refractivity contribution in [2.75, 3.05) is 20.6 Å². The molecule has 0 saturated heterocycles. The zero-order chi connectivity index (χ0) is 31.0. The van der Waals surface area contributed by atoms with Crippen LogP contribution in [0.1, 0.15) is 24.0 Å². The molecule has 0 spiro atoms. The summed E-state index contributed by atoms with van der Waals surface area (Å²) in [6.07, 6.45) is 2.77. The van der Waals surface area contributed by atoms with Gasteiger partial charge in [0.15, 0.2) is 0 Å². The highest BCUT2D eigenvalue weighted by Crippen LogP contribution is 2.24. The second-order valence-electron chi connectivity index (χ2n) is 10.7. The number of nitrogens with zero attached hydrogens (tertiary/aromatic N) is 1. The quantitative estimate of drug-likeness (QED) is 0.474.